The minimum atomic E-state index is 0.233. The fourth-order valence-corrected chi connectivity index (χ4v) is 2.82. The number of rotatable bonds is 6. The van der Waals surface area contributed by atoms with Crippen LogP contribution in [0, 0.1) is 0 Å². The van der Waals surface area contributed by atoms with Gasteiger partial charge >= 0.3 is 0 Å². The van der Waals surface area contributed by atoms with Crippen molar-refractivity contribution in [3.05, 3.63) is 35.4 Å². The van der Waals surface area contributed by atoms with E-state index in [2.05, 4.69) is 43.6 Å². The summed E-state index contributed by atoms with van der Waals surface area (Å²) in [7, 11) is 2.05. The number of fused-ring (bicyclic) bond motifs is 1. The lowest BCUT2D eigenvalue weighted by Gasteiger charge is -2.32. The third kappa shape index (κ3) is 3.12. The fourth-order valence-electron chi connectivity index (χ4n) is 2.82. The van der Waals surface area contributed by atoms with Gasteiger partial charge in [-0.05, 0) is 31.0 Å². The molecule has 2 nitrogen and oxygen atoms in total. The number of benzene rings is 1. The zero-order valence-electron chi connectivity index (χ0n) is 11.6. The lowest BCUT2D eigenvalue weighted by atomic mass is 9.91. The van der Waals surface area contributed by atoms with Crippen molar-refractivity contribution in [1.29, 1.82) is 0 Å². The number of unbranched alkanes of at least 4 members (excludes halogenated alkanes) is 2. The molecule has 1 aromatic rings. The maximum absolute atomic E-state index is 6.03. The van der Waals surface area contributed by atoms with Crippen LogP contribution in [0.25, 0.3) is 0 Å². The molecule has 1 heterocycles. The number of ether oxygens (including phenoxy) is 1. The van der Waals surface area contributed by atoms with E-state index >= 15 is 0 Å². The Bertz CT molecular complexity index is 364. The normalized spacial score (nSPS) is 20.4. The summed E-state index contributed by atoms with van der Waals surface area (Å²) >= 11 is 0. The van der Waals surface area contributed by atoms with Gasteiger partial charge in [-0.15, -0.1) is 0 Å². The fraction of sp³-hybridized carbons (Fsp3) is 0.625. The zero-order valence-corrected chi connectivity index (χ0v) is 11.6. The van der Waals surface area contributed by atoms with Crippen LogP contribution in [0.2, 0.25) is 0 Å². The molecule has 2 unspecified atom stereocenters. The second-order valence-electron chi connectivity index (χ2n) is 5.13. The summed E-state index contributed by atoms with van der Waals surface area (Å²) < 4.78 is 6.03. The zero-order chi connectivity index (χ0) is 12.8. The monoisotopic (exact) mass is 247 g/mol. The van der Waals surface area contributed by atoms with Crippen molar-refractivity contribution in [2.75, 3.05) is 13.7 Å². The molecule has 0 fully saturated rings. The standard InChI is InChI=1S/C16H25NO/c1-3-4-5-10-15(17-2)16-14-9-7-6-8-13(14)11-12-18-16/h6-9,15-17H,3-5,10-12H2,1-2H3. The van der Waals surface area contributed by atoms with E-state index in [0.717, 1.165) is 13.0 Å². The molecule has 2 atom stereocenters. The molecule has 2 rings (SSSR count). The van der Waals surface area contributed by atoms with E-state index in [0.29, 0.717) is 6.04 Å². The number of hydrogen-bond donors (Lipinski definition) is 1. The first-order chi connectivity index (χ1) is 8.86. The van der Waals surface area contributed by atoms with Gasteiger partial charge < -0.3 is 10.1 Å². The lowest BCUT2D eigenvalue weighted by Crippen LogP contribution is -2.36. The Morgan fingerprint density at radius 3 is 2.94 bits per heavy atom. The number of nitrogens with one attached hydrogen (secondary N) is 1. The van der Waals surface area contributed by atoms with Gasteiger partial charge in [0.05, 0.1) is 12.7 Å². The Hall–Kier alpha value is -0.860. The van der Waals surface area contributed by atoms with E-state index in [4.69, 9.17) is 4.74 Å². The van der Waals surface area contributed by atoms with Gasteiger partial charge in [0.15, 0.2) is 0 Å². The maximum Gasteiger partial charge on any atom is 0.0980 e. The third-order valence-corrected chi connectivity index (χ3v) is 3.89. The summed E-state index contributed by atoms with van der Waals surface area (Å²) in [5, 5.41) is 3.45. The molecule has 0 radical (unpaired) electrons. The van der Waals surface area contributed by atoms with Crippen molar-refractivity contribution in [3.63, 3.8) is 0 Å². The first-order valence-electron chi connectivity index (χ1n) is 7.23. The predicted octanol–water partition coefficient (Wildman–Crippen LogP) is 3.47. The molecule has 100 valence electrons. The van der Waals surface area contributed by atoms with Crippen LogP contribution in [0.1, 0.15) is 49.8 Å². The molecule has 0 aliphatic carbocycles. The molecule has 0 saturated heterocycles. The average Bonchev–Trinajstić information content (AvgIpc) is 2.43. The van der Waals surface area contributed by atoms with Crippen LogP contribution in [-0.2, 0) is 11.2 Å². The number of likely N-dealkylation sites (N-methyl/N-ethyl adjacent to an activating group) is 1. The number of hydrogen-bond acceptors (Lipinski definition) is 2. The van der Waals surface area contributed by atoms with E-state index in [-0.39, 0.29) is 6.10 Å². The topological polar surface area (TPSA) is 21.3 Å². The highest BCUT2D eigenvalue weighted by Crippen LogP contribution is 2.31. The molecule has 0 saturated carbocycles. The third-order valence-electron chi connectivity index (χ3n) is 3.89. The van der Waals surface area contributed by atoms with Crippen LogP contribution in [-0.4, -0.2) is 19.7 Å². The van der Waals surface area contributed by atoms with Gasteiger partial charge in [-0.1, -0.05) is 50.5 Å². The van der Waals surface area contributed by atoms with E-state index in [1.165, 1.54) is 36.8 Å². The lowest BCUT2D eigenvalue weighted by molar-refractivity contribution is 0.0145. The molecule has 0 spiro atoms. The Kier molecular flexibility index (Phi) is 5.21. The summed E-state index contributed by atoms with van der Waals surface area (Å²) in [6, 6.07) is 9.16. The quantitative estimate of drug-likeness (QED) is 0.777. The van der Waals surface area contributed by atoms with Gasteiger partial charge in [-0.3, -0.25) is 0 Å². The van der Waals surface area contributed by atoms with Gasteiger partial charge in [-0.25, -0.2) is 0 Å². The van der Waals surface area contributed by atoms with Crippen molar-refractivity contribution in [2.45, 2.75) is 51.2 Å². The molecule has 0 aromatic heterocycles. The largest absolute Gasteiger partial charge is 0.372 e. The molecule has 1 aliphatic rings. The SMILES string of the molecule is CCCCCC(NC)C1OCCc2ccccc21. The van der Waals surface area contributed by atoms with Crippen LogP contribution < -0.4 is 5.32 Å². The molecular weight excluding hydrogens is 222 g/mol. The van der Waals surface area contributed by atoms with Crippen LogP contribution >= 0.6 is 0 Å². The molecule has 1 aromatic carbocycles. The van der Waals surface area contributed by atoms with Gasteiger partial charge in [0.2, 0.25) is 0 Å². The van der Waals surface area contributed by atoms with Crippen LogP contribution in [0.3, 0.4) is 0 Å². The summed E-state index contributed by atoms with van der Waals surface area (Å²) in [5.74, 6) is 0. The second-order valence-corrected chi connectivity index (χ2v) is 5.13. The van der Waals surface area contributed by atoms with E-state index in [1.807, 2.05) is 0 Å². The highest BCUT2D eigenvalue weighted by Gasteiger charge is 2.27. The van der Waals surface area contributed by atoms with Crippen molar-refractivity contribution in [3.8, 4) is 0 Å². The Labute approximate surface area is 111 Å². The predicted molar refractivity (Wildman–Crippen MR) is 75.8 cm³/mol. The van der Waals surface area contributed by atoms with E-state index in [9.17, 15) is 0 Å². The van der Waals surface area contributed by atoms with Crippen LogP contribution in [0.15, 0.2) is 24.3 Å². The Morgan fingerprint density at radius 2 is 2.17 bits per heavy atom. The summed E-state index contributed by atoms with van der Waals surface area (Å²) in [5.41, 5.74) is 2.85. The summed E-state index contributed by atoms with van der Waals surface area (Å²) in [6.07, 6.45) is 6.35. The van der Waals surface area contributed by atoms with Crippen LogP contribution in [0.5, 0.6) is 0 Å². The van der Waals surface area contributed by atoms with Crippen molar-refractivity contribution >= 4 is 0 Å². The van der Waals surface area contributed by atoms with Crippen molar-refractivity contribution in [2.24, 2.45) is 0 Å². The Morgan fingerprint density at radius 1 is 1.33 bits per heavy atom. The molecule has 1 aliphatic heterocycles. The van der Waals surface area contributed by atoms with E-state index < -0.39 is 0 Å². The maximum atomic E-state index is 6.03. The molecule has 0 amide bonds. The molecule has 1 N–H and O–H groups in total. The average molecular weight is 247 g/mol. The highest BCUT2D eigenvalue weighted by molar-refractivity contribution is 5.31. The van der Waals surface area contributed by atoms with Gasteiger partial charge in [0.1, 0.15) is 0 Å². The van der Waals surface area contributed by atoms with Gasteiger partial charge in [0.25, 0.3) is 0 Å². The first kappa shape index (κ1) is 13.6. The van der Waals surface area contributed by atoms with Gasteiger partial charge in [-0.2, -0.15) is 0 Å². The first-order valence-corrected chi connectivity index (χ1v) is 7.23. The van der Waals surface area contributed by atoms with Gasteiger partial charge in [0, 0.05) is 6.04 Å². The van der Waals surface area contributed by atoms with Crippen LogP contribution in [0.4, 0.5) is 0 Å². The smallest absolute Gasteiger partial charge is 0.0980 e. The minimum Gasteiger partial charge on any atom is -0.372 e. The Balaban J connectivity index is 2.07. The van der Waals surface area contributed by atoms with Crippen molar-refractivity contribution in [1.82, 2.24) is 5.32 Å². The van der Waals surface area contributed by atoms with Crippen molar-refractivity contribution < 1.29 is 4.74 Å². The summed E-state index contributed by atoms with van der Waals surface area (Å²) in [4.78, 5) is 0. The minimum absolute atomic E-state index is 0.233. The molecular formula is C16H25NO. The summed E-state index contributed by atoms with van der Waals surface area (Å²) in [6.45, 7) is 3.11. The second kappa shape index (κ2) is 6.91. The highest BCUT2D eigenvalue weighted by atomic mass is 16.5. The molecule has 18 heavy (non-hydrogen) atoms. The molecule has 0 bridgehead atoms. The molecule has 2 heteroatoms. The van der Waals surface area contributed by atoms with E-state index in [1.54, 1.807) is 0 Å².